The van der Waals surface area contributed by atoms with Crippen LogP contribution in [0.3, 0.4) is 0 Å². The number of anilines is 1. The van der Waals surface area contributed by atoms with E-state index < -0.39 is 5.97 Å². The zero-order valence-electron chi connectivity index (χ0n) is 12.1. The second kappa shape index (κ2) is 6.05. The summed E-state index contributed by atoms with van der Waals surface area (Å²) in [4.78, 5) is 12.3. The van der Waals surface area contributed by atoms with Crippen molar-refractivity contribution in [2.75, 3.05) is 20.0 Å². The van der Waals surface area contributed by atoms with E-state index in [1.807, 2.05) is 19.1 Å². The van der Waals surface area contributed by atoms with Crippen molar-refractivity contribution in [1.82, 2.24) is 0 Å². The molecule has 3 N–H and O–H groups in total. The van der Waals surface area contributed by atoms with Crippen molar-refractivity contribution >= 4 is 23.0 Å². The van der Waals surface area contributed by atoms with Crippen molar-refractivity contribution in [3.8, 4) is 21.9 Å². The summed E-state index contributed by atoms with van der Waals surface area (Å²) in [6, 6.07) is 5.51. The minimum atomic E-state index is -1.01. The maximum absolute atomic E-state index is 11.3. The molecule has 6 heteroatoms. The van der Waals surface area contributed by atoms with Gasteiger partial charge in [-0.25, -0.2) is 4.79 Å². The zero-order valence-corrected chi connectivity index (χ0v) is 12.9. The van der Waals surface area contributed by atoms with Gasteiger partial charge in [0.2, 0.25) is 0 Å². The first-order valence-electron chi connectivity index (χ1n) is 6.40. The molecule has 1 aromatic heterocycles. The molecular weight excluding hydrogens is 290 g/mol. The van der Waals surface area contributed by atoms with Crippen LogP contribution in [0.25, 0.3) is 10.4 Å². The Morgan fingerprint density at radius 2 is 2.05 bits per heavy atom. The maximum Gasteiger partial charge on any atom is 0.348 e. The molecule has 0 amide bonds. The molecular formula is C15H17NO4S. The molecule has 1 aromatic carbocycles. The Kier molecular flexibility index (Phi) is 4.37. The van der Waals surface area contributed by atoms with Gasteiger partial charge in [0.25, 0.3) is 0 Å². The molecule has 5 nitrogen and oxygen atoms in total. The number of carboxylic acids is 1. The lowest BCUT2D eigenvalue weighted by atomic mass is 10.0. The smallest absolute Gasteiger partial charge is 0.348 e. The number of methoxy groups -OCH3 is 2. The molecule has 1 heterocycles. The van der Waals surface area contributed by atoms with Crippen LogP contribution in [0.1, 0.15) is 22.2 Å². The molecule has 0 saturated heterocycles. The van der Waals surface area contributed by atoms with Gasteiger partial charge >= 0.3 is 5.97 Å². The molecule has 0 fully saturated rings. The number of benzene rings is 1. The first-order valence-corrected chi connectivity index (χ1v) is 7.22. The van der Waals surface area contributed by atoms with Gasteiger partial charge in [0.05, 0.1) is 19.9 Å². The molecule has 2 rings (SSSR count). The molecule has 0 bridgehead atoms. The van der Waals surface area contributed by atoms with Crippen LogP contribution < -0.4 is 15.2 Å². The number of aromatic carboxylic acids is 1. The summed E-state index contributed by atoms with van der Waals surface area (Å²) in [7, 11) is 3.12. The highest BCUT2D eigenvalue weighted by Gasteiger charge is 2.23. The van der Waals surface area contributed by atoms with Gasteiger partial charge in [-0.3, -0.25) is 0 Å². The maximum atomic E-state index is 11.3. The fraction of sp³-hybridized carbons (Fsp3) is 0.267. The first-order chi connectivity index (χ1) is 10.0. The summed E-state index contributed by atoms with van der Waals surface area (Å²) >= 11 is 1.16. The summed E-state index contributed by atoms with van der Waals surface area (Å²) in [5, 5.41) is 9.25. The van der Waals surface area contributed by atoms with E-state index in [-0.39, 0.29) is 4.88 Å². The summed E-state index contributed by atoms with van der Waals surface area (Å²) < 4.78 is 10.7. The van der Waals surface area contributed by atoms with Gasteiger partial charge in [-0.2, -0.15) is 0 Å². The Labute approximate surface area is 126 Å². The van der Waals surface area contributed by atoms with Crippen LogP contribution in [0.15, 0.2) is 18.2 Å². The third kappa shape index (κ3) is 2.54. The fourth-order valence-corrected chi connectivity index (χ4v) is 3.44. The average molecular weight is 307 g/mol. The topological polar surface area (TPSA) is 81.8 Å². The van der Waals surface area contributed by atoms with Crippen LogP contribution >= 0.6 is 11.3 Å². The third-order valence-corrected chi connectivity index (χ3v) is 4.51. The second-order valence-corrected chi connectivity index (χ2v) is 5.37. The number of rotatable bonds is 5. The van der Waals surface area contributed by atoms with Crippen molar-refractivity contribution in [3.63, 3.8) is 0 Å². The lowest BCUT2D eigenvalue weighted by Gasteiger charge is -2.12. The van der Waals surface area contributed by atoms with Gasteiger partial charge in [-0.15, -0.1) is 11.3 Å². The molecule has 21 heavy (non-hydrogen) atoms. The van der Waals surface area contributed by atoms with Crippen molar-refractivity contribution in [2.24, 2.45) is 0 Å². The summed E-state index contributed by atoms with van der Waals surface area (Å²) in [6.45, 7) is 1.94. The number of nitrogens with two attached hydrogens (primary N) is 1. The van der Waals surface area contributed by atoms with E-state index in [0.29, 0.717) is 23.6 Å². The minimum absolute atomic E-state index is 0.159. The number of carbonyl (C=O) groups is 1. The van der Waals surface area contributed by atoms with Crippen molar-refractivity contribution in [3.05, 3.63) is 28.6 Å². The number of hydrogen-bond acceptors (Lipinski definition) is 5. The fourth-order valence-electron chi connectivity index (χ4n) is 2.27. The first kappa shape index (κ1) is 15.2. The molecule has 0 saturated carbocycles. The Balaban J connectivity index is 2.73. The molecule has 0 aliphatic rings. The molecule has 2 aromatic rings. The van der Waals surface area contributed by atoms with E-state index >= 15 is 0 Å². The predicted molar refractivity (Wildman–Crippen MR) is 83.6 cm³/mol. The lowest BCUT2D eigenvalue weighted by Crippen LogP contribution is -1.99. The number of thiophene rings is 1. The van der Waals surface area contributed by atoms with Gasteiger partial charge < -0.3 is 20.3 Å². The van der Waals surface area contributed by atoms with E-state index in [1.54, 1.807) is 20.3 Å². The zero-order chi connectivity index (χ0) is 15.6. The normalized spacial score (nSPS) is 10.4. The molecule has 0 aliphatic carbocycles. The van der Waals surface area contributed by atoms with Crippen molar-refractivity contribution in [2.45, 2.75) is 13.3 Å². The molecule has 0 unspecified atom stereocenters. The van der Waals surface area contributed by atoms with Crippen LogP contribution in [0.4, 0.5) is 5.69 Å². The van der Waals surface area contributed by atoms with Crippen LogP contribution in [-0.4, -0.2) is 25.3 Å². The Morgan fingerprint density at radius 1 is 1.33 bits per heavy atom. The summed E-state index contributed by atoms with van der Waals surface area (Å²) in [5.74, 6) is 0.161. The quantitative estimate of drug-likeness (QED) is 0.886. The van der Waals surface area contributed by atoms with Crippen molar-refractivity contribution in [1.29, 1.82) is 0 Å². The predicted octanol–water partition coefficient (Wildman–Crippen LogP) is 3.28. The molecule has 0 aliphatic heterocycles. The second-order valence-electron chi connectivity index (χ2n) is 4.35. The summed E-state index contributed by atoms with van der Waals surface area (Å²) in [6.07, 6.45) is 0.644. The lowest BCUT2D eigenvalue weighted by molar-refractivity contribution is 0.0703. The number of carboxylic acid groups (broad SMARTS) is 1. The van der Waals surface area contributed by atoms with E-state index in [9.17, 15) is 9.90 Å². The monoisotopic (exact) mass is 307 g/mol. The highest BCUT2D eigenvalue weighted by atomic mass is 32.1. The standard InChI is InChI=1S/C15H17NO4S/c1-4-8-11(16)14(15(17)18)21-13(8)9-6-5-7-10(19-2)12(9)20-3/h5-7H,4,16H2,1-3H3,(H,17,18). The largest absolute Gasteiger partial charge is 0.493 e. The number of para-hydroxylation sites is 1. The van der Waals surface area contributed by atoms with Crippen molar-refractivity contribution < 1.29 is 19.4 Å². The molecule has 0 radical (unpaired) electrons. The number of ether oxygens (including phenoxy) is 2. The van der Waals surface area contributed by atoms with Crippen LogP contribution in [0.2, 0.25) is 0 Å². The summed E-state index contributed by atoms with van der Waals surface area (Å²) in [5.41, 5.74) is 7.91. The van der Waals surface area contributed by atoms with E-state index in [1.165, 1.54) is 0 Å². The molecule has 0 atom stereocenters. The Hall–Kier alpha value is -2.21. The van der Waals surface area contributed by atoms with E-state index in [2.05, 4.69) is 0 Å². The van der Waals surface area contributed by atoms with Gasteiger partial charge in [-0.05, 0) is 24.1 Å². The van der Waals surface area contributed by atoms with Gasteiger partial charge in [-0.1, -0.05) is 13.0 Å². The van der Waals surface area contributed by atoms with Gasteiger partial charge in [0.1, 0.15) is 4.88 Å². The van der Waals surface area contributed by atoms with E-state index in [4.69, 9.17) is 15.2 Å². The molecule has 0 spiro atoms. The van der Waals surface area contributed by atoms with Gasteiger partial charge in [0, 0.05) is 10.4 Å². The minimum Gasteiger partial charge on any atom is -0.493 e. The Bertz CT molecular complexity index is 679. The van der Waals surface area contributed by atoms with Crippen LogP contribution in [0.5, 0.6) is 11.5 Å². The average Bonchev–Trinajstić information content (AvgIpc) is 2.82. The SMILES string of the molecule is CCc1c(-c2cccc(OC)c2OC)sc(C(=O)O)c1N. The Morgan fingerprint density at radius 3 is 2.57 bits per heavy atom. The van der Waals surface area contributed by atoms with Gasteiger partial charge in [0.15, 0.2) is 11.5 Å². The van der Waals surface area contributed by atoms with Crippen LogP contribution in [-0.2, 0) is 6.42 Å². The highest BCUT2D eigenvalue weighted by molar-refractivity contribution is 7.18. The third-order valence-electron chi connectivity index (χ3n) is 3.24. The van der Waals surface area contributed by atoms with Crippen LogP contribution in [0, 0.1) is 0 Å². The number of nitrogen functional groups attached to an aromatic ring is 1. The number of hydrogen-bond donors (Lipinski definition) is 2. The molecule has 112 valence electrons. The highest BCUT2D eigenvalue weighted by Crippen LogP contribution is 2.45. The van der Waals surface area contributed by atoms with E-state index in [0.717, 1.165) is 27.3 Å².